The summed E-state index contributed by atoms with van der Waals surface area (Å²) in [5.74, 6) is 0.0552. The molecule has 0 aromatic heterocycles. The summed E-state index contributed by atoms with van der Waals surface area (Å²) in [5, 5.41) is 4.24. The quantitative estimate of drug-likeness (QED) is 0.133. The molecule has 2 unspecified atom stereocenters. The van der Waals surface area contributed by atoms with Gasteiger partial charge in [0.05, 0.1) is 17.4 Å². The van der Waals surface area contributed by atoms with E-state index in [0.29, 0.717) is 42.0 Å². The van der Waals surface area contributed by atoms with Gasteiger partial charge >= 0.3 is 5.97 Å². The highest BCUT2D eigenvalue weighted by molar-refractivity contribution is 6.30. The smallest absolute Gasteiger partial charge is 0.311 e. The number of ketones is 1. The Labute approximate surface area is 265 Å². The first-order valence-corrected chi connectivity index (χ1v) is 16.3. The van der Waals surface area contributed by atoms with E-state index in [2.05, 4.69) is 19.2 Å². The van der Waals surface area contributed by atoms with Gasteiger partial charge in [0, 0.05) is 35.6 Å². The van der Waals surface area contributed by atoms with Crippen LogP contribution >= 0.6 is 11.6 Å². The number of halogens is 1. The second-order valence-electron chi connectivity index (χ2n) is 11.7. The van der Waals surface area contributed by atoms with E-state index in [4.69, 9.17) is 16.3 Å². The van der Waals surface area contributed by atoms with Crippen molar-refractivity contribution in [2.45, 2.75) is 90.0 Å². The standard InChI is InChI=1S/C37H41ClN2O4/c1-3-5-7-16-34(42)40-32-15-10-9-14-30(32)39-31-23-27(25-18-20-28(38)21-19-25)24-33(41)36(31)37(40)26-12-11-13-29(22-26)44-35(43)17-8-6-4-2/h9-15,18-22,27,37,39H,3-8,16-17,23-24H2,1-2H3. The maximum absolute atomic E-state index is 14.3. The normalized spacial score (nSPS) is 17.8. The number of nitrogens with one attached hydrogen (secondary N) is 1. The highest BCUT2D eigenvalue weighted by atomic mass is 35.5. The van der Waals surface area contributed by atoms with Crippen LogP contribution in [0.25, 0.3) is 0 Å². The molecule has 3 aromatic rings. The molecule has 0 bridgehead atoms. The summed E-state index contributed by atoms with van der Waals surface area (Å²) in [6, 6.07) is 22.1. The number of amides is 1. The van der Waals surface area contributed by atoms with Crippen molar-refractivity contribution in [3.63, 3.8) is 0 Å². The average molecular weight is 613 g/mol. The molecule has 0 radical (unpaired) electrons. The third kappa shape index (κ3) is 7.24. The number of carbonyl (C=O) groups is 3. The maximum atomic E-state index is 14.3. The zero-order valence-electron chi connectivity index (χ0n) is 25.6. The fourth-order valence-corrected chi connectivity index (χ4v) is 6.37. The number of benzene rings is 3. The van der Waals surface area contributed by atoms with Crippen LogP contribution in [0.15, 0.2) is 84.1 Å². The monoisotopic (exact) mass is 612 g/mol. The van der Waals surface area contributed by atoms with Crippen molar-refractivity contribution in [1.29, 1.82) is 0 Å². The van der Waals surface area contributed by atoms with E-state index in [1.165, 1.54) is 0 Å². The van der Waals surface area contributed by atoms with Crippen LogP contribution in [-0.2, 0) is 14.4 Å². The van der Waals surface area contributed by atoms with Gasteiger partial charge in [0.2, 0.25) is 5.91 Å². The van der Waals surface area contributed by atoms with E-state index >= 15 is 0 Å². The number of anilines is 2. The van der Waals surface area contributed by atoms with Gasteiger partial charge in [-0.2, -0.15) is 0 Å². The summed E-state index contributed by atoms with van der Waals surface area (Å²) >= 11 is 6.16. The molecule has 1 amide bonds. The van der Waals surface area contributed by atoms with Crippen molar-refractivity contribution in [3.05, 3.63) is 100 Å². The number of hydrogen-bond acceptors (Lipinski definition) is 5. The minimum Gasteiger partial charge on any atom is -0.427 e. The van der Waals surface area contributed by atoms with Crippen molar-refractivity contribution < 1.29 is 19.1 Å². The average Bonchev–Trinajstić information content (AvgIpc) is 3.16. The molecule has 2 atom stereocenters. The van der Waals surface area contributed by atoms with Crippen LogP contribution in [0, 0.1) is 0 Å². The Morgan fingerprint density at radius 3 is 2.34 bits per heavy atom. The first kappa shape index (κ1) is 31.5. The van der Waals surface area contributed by atoms with Gasteiger partial charge < -0.3 is 10.1 Å². The molecule has 1 heterocycles. The number of allylic oxidation sites excluding steroid dienone is 1. The van der Waals surface area contributed by atoms with Crippen LogP contribution in [0.5, 0.6) is 5.75 Å². The lowest BCUT2D eigenvalue weighted by atomic mass is 9.78. The molecule has 6 nitrogen and oxygen atoms in total. The highest BCUT2D eigenvalue weighted by Crippen LogP contribution is 2.48. The lowest BCUT2D eigenvalue weighted by Crippen LogP contribution is -2.38. The molecule has 44 heavy (non-hydrogen) atoms. The number of esters is 1. The number of Topliss-reactive ketones (excluding diaryl/α,β-unsaturated/α-hetero) is 1. The van der Waals surface area contributed by atoms with Crippen molar-refractivity contribution in [1.82, 2.24) is 0 Å². The number of ether oxygens (including phenoxy) is 1. The van der Waals surface area contributed by atoms with Crippen LogP contribution in [0.1, 0.15) is 101 Å². The van der Waals surface area contributed by atoms with Crippen LogP contribution in [0.2, 0.25) is 5.02 Å². The minimum absolute atomic E-state index is 0.00942. The minimum atomic E-state index is -0.673. The number of carbonyl (C=O) groups excluding carboxylic acids is 3. The fourth-order valence-electron chi connectivity index (χ4n) is 6.25. The van der Waals surface area contributed by atoms with E-state index in [0.717, 1.165) is 66.7 Å². The van der Waals surface area contributed by atoms with E-state index < -0.39 is 6.04 Å². The largest absolute Gasteiger partial charge is 0.427 e. The second kappa shape index (κ2) is 14.7. The lowest BCUT2D eigenvalue weighted by Gasteiger charge is -2.35. The fraction of sp³-hybridized carbons (Fsp3) is 0.378. The number of nitrogens with zero attached hydrogens (tertiary/aromatic N) is 1. The van der Waals surface area contributed by atoms with Gasteiger partial charge in [-0.15, -0.1) is 0 Å². The second-order valence-corrected chi connectivity index (χ2v) is 12.2. The summed E-state index contributed by atoms with van der Waals surface area (Å²) in [5.41, 5.74) is 4.69. The Morgan fingerprint density at radius 2 is 1.59 bits per heavy atom. The third-order valence-electron chi connectivity index (χ3n) is 8.48. The molecule has 1 N–H and O–H groups in total. The molecule has 0 fully saturated rings. The Kier molecular flexibility index (Phi) is 10.5. The first-order chi connectivity index (χ1) is 21.4. The summed E-state index contributed by atoms with van der Waals surface area (Å²) in [6.45, 7) is 4.21. The molecule has 230 valence electrons. The number of unbranched alkanes of at least 4 members (excludes halogenated alkanes) is 4. The lowest BCUT2D eigenvalue weighted by molar-refractivity contribution is -0.134. The highest BCUT2D eigenvalue weighted by Gasteiger charge is 2.41. The molecule has 2 aliphatic rings. The van der Waals surface area contributed by atoms with Crippen molar-refractivity contribution in [3.8, 4) is 5.75 Å². The van der Waals surface area contributed by atoms with Crippen molar-refractivity contribution in [2.24, 2.45) is 0 Å². The van der Waals surface area contributed by atoms with Crippen LogP contribution in [0.3, 0.4) is 0 Å². The van der Waals surface area contributed by atoms with E-state index in [1.807, 2.05) is 66.7 Å². The molecule has 1 aliphatic carbocycles. The van der Waals surface area contributed by atoms with Gasteiger partial charge in [0.15, 0.2) is 5.78 Å². The summed E-state index contributed by atoms with van der Waals surface area (Å²) in [4.78, 5) is 42.8. The number of hydrogen-bond donors (Lipinski definition) is 1. The zero-order valence-corrected chi connectivity index (χ0v) is 26.4. The zero-order chi connectivity index (χ0) is 31.1. The van der Waals surface area contributed by atoms with Crippen LogP contribution < -0.4 is 15.0 Å². The van der Waals surface area contributed by atoms with E-state index in [1.54, 1.807) is 11.0 Å². The Bertz CT molecular complexity index is 1530. The SMILES string of the molecule is CCCCCC(=O)Oc1cccc(C2C3=C(CC(c4ccc(Cl)cc4)CC3=O)Nc3ccccc3N2C(=O)CCCCC)c1. The van der Waals surface area contributed by atoms with Gasteiger partial charge in [-0.05, 0) is 72.7 Å². The molecule has 0 saturated carbocycles. The van der Waals surface area contributed by atoms with E-state index in [9.17, 15) is 14.4 Å². The third-order valence-corrected chi connectivity index (χ3v) is 8.73. The van der Waals surface area contributed by atoms with Crippen molar-refractivity contribution in [2.75, 3.05) is 10.2 Å². The van der Waals surface area contributed by atoms with Crippen molar-refractivity contribution >= 4 is 40.6 Å². The Morgan fingerprint density at radius 1 is 0.864 bits per heavy atom. The Balaban J connectivity index is 1.60. The van der Waals surface area contributed by atoms with Crippen LogP contribution in [0.4, 0.5) is 11.4 Å². The predicted octanol–water partition coefficient (Wildman–Crippen LogP) is 9.31. The summed E-state index contributed by atoms with van der Waals surface area (Å²) in [7, 11) is 0. The van der Waals surface area contributed by atoms with Gasteiger partial charge in [0.25, 0.3) is 0 Å². The van der Waals surface area contributed by atoms with Gasteiger partial charge in [-0.3, -0.25) is 19.3 Å². The van der Waals surface area contributed by atoms with Gasteiger partial charge in [-0.1, -0.05) is 87.5 Å². The summed E-state index contributed by atoms with van der Waals surface area (Å²) in [6.07, 6.45) is 7.12. The molecule has 0 spiro atoms. The topological polar surface area (TPSA) is 75.7 Å². The molecule has 1 aliphatic heterocycles. The molecule has 0 saturated heterocycles. The molecule has 3 aromatic carbocycles. The molecule has 7 heteroatoms. The first-order valence-electron chi connectivity index (χ1n) is 15.9. The molecule has 5 rings (SSSR count). The Hall–Kier alpha value is -3.90. The molecular weight excluding hydrogens is 572 g/mol. The summed E-state index contributed by atoms with van der Waals surface area (Å²) < 4.78 is 5.75. The van der Waals surface area contributed by atoms with Gasteiger partial charge in [0.1, 0.15) is 5.75 Å². The predicted molar refractivity (Wildman–Crippen MR) is 176 cm³/mol. The number of para-hydroxylation sites is 2. The maximum Gasteiger partial charge on any atom is 0.311 e. The number of rotatable bonds is 11. The van der Waals surface area contributed by atoms with E-state index in [-0.39, 0.29) is 23.6 Å². The molecular formula is C37H41ClN2O4. The van der Waals surface area contributed by atoms with Gasteiger partial charge in [-0.25, -0.2) is 0 Å². The number of fused-ring (bicyclic) bond motifs is 1. The van der Waals surface area contributed by atoms with Crippen LogP contribution in [-0.4, -0.2) is 17.7 Å².